The zero-order valence-corrected chi connectivity index (χ0v) is 12.9. The van der Waals surface area contributed by atoms with Crippen molar-refractivity contribution in [3.8, 4) is 11.5 Å². The molecular formula is C17H17F2NO3. The molecule has 122 valence electrons. The lowest BCUT2D eigenvalue weighted by Gasteiger charge is -2.11. The topological polar surface area (TPSA) is 47.6 Å². The average Bonchev–Trinajstić information content (AvgIpc) is 2.56. The molecule has 2 rings (SSSR count). The number of nitrogens with one attached hydrogen (secondary N) is 1. The molecular weight excluding hydrogens is 304 g/mol. The molecule has 0 saturated heterocycles. The van der Waals surface area contributed by atoms with E-state index < -0.39 is 17.5 Å². The van der Waals surface area contributed by atoms with Crippen molar-refractivity contribution >= 4 is 5.91 Å². The van der Waals surface area contributed by atoms with Crippen LogP contribution in [0.1, 0.15) is 15.9 Å². The van der Waals surface area contributed by atoms with Gasteiger partial charge in [-0.15, -0.1) is 0 Å². The van der Waals surface area contributed by atoms with Gasteiger partial charge in [0.05, 0.1) is 19.8 Å². The van der Waals surface area contributed by atoms with Gasteiger partial charge in [-0.25, -0.2) is 8.78 Å². The number of rotatable bonds is 6. The Morgan fingerprint density at radius 1 is 1.09 bits per heavy atom. The van der Waals surface area contributed by atoms with Crippen LogP contribution in [0.25, 0.3) is 0 Å². The van der Waals surface area contributed by atoms with E-state index in [4.69, 9.17) is 9.47 Å². The number of methoxy groups -OCH3 is 2. The number of hydrogen-bond acceptors (Lipinski definition) is 3. The van der Waals surface area contributed by atoms with E-state index in [0.29, 0.717) is 17.9 Å². The second kappa shape index (κ2) is 7.58. The Bertz CT molecular complexity index is 704. The van der Waals surface area contributed by atoms with Crippen molar-refractivity contribution in [1.29, 1.82) is 0 Å². The van der Waals surface area contributed by atoms with Crippen LogP contribution in [-0.2, 0) is 6.42 Å². The van der Waals surface area contributed by atoms with Gasteiger partial charge in [0.25, 0.3) is 5.91 Å². The molecule has 0 aromatic heterocycles. The standard InChI is InChI=1S/C17H17F2NO3/c1-22-13-4-6-16(23-2)11(9-13)7-8-20-17(21)14-10-12(18)3-5-15(14)19/h3-6,9-10H,7-8H2,1-2H3,(H,20,21). The highest BCUT2D eigenvalue weighted by molar-refractivity contribution is 5.94. The van der Waals surface area contributed by atoms with Crippen LogP contribution in [0, 0.1) is 11.6 Å². The first-order valence-corrected chi connectivity index (χ1v) is 6.99. The van der Waals surface area contributed by atoms with Crippen LogP contribution in [0.2, 0.25) is 0 Å². The fourth-order valence-electron chi connectivity index (χ4n) is 2.15. The minimum Gasteiger partial charge on any atom is -0.497 e. The highest BCUT2D eigenvalue weighted by atomic mass is 19.1. The maximum Gasteiger partial charge on any atom is 0.254 e. The third kappa shape index (κ3) is 4.18. The molecule has 0 radical (unpaired) electrons. The highest BCUT2D eigenvalue weighted by Gasteiger charge is 2.13. The van der Waals surface area contributed by atoms with Crippen LogP contribution in [0.3, 0.4) is 0 Å². The van der Waals surface area contributed by atoms with Gasteiger partial charge in [0.2, 0.25) is 0 Å². The Morgan fingerprint density at radius 3 is 2.57 bits per heavy atom. The number of halogens is 2. The van der Waals surface area contributed by atoms with Crippen molar-refractivity contribution < 1.29 is 23.0 Å². The Labute approximate surface area is 133 Å². The first-order chi connectivity index (χ1) is 11.0. The van der Waals surface area contributed by atoms with Crippen LogP contribution in [0.4, 0.5) is 8.78 Å². The van der Waals surface area contributed by atoms with E-state index in [2.05, 4.69) is 5.32 Å². The Balaban J connectivity index is 2.02. The first kappa shape index (κ1) is 16.7. The van der Waals surface area contributed by atoms with Crippen molar-refractivity contribution in [2.45, 2.75) is 6.42 Å². The number of hydrogen-bond donors (Lipinski definition) is 1. The third-order valence-corrected chi connectivity index (χ3v) is 3.34. The second-order valence-corrected chi connectivity index (χ2v) is 4.81. The van der Waals surface area contributed by atoms with Gasteiger partial charge in [-0.2, -0.15) is 0 Å². The van der Waals surface area contributed by atoms with E-state index >= 15 is 0 Å². The summed E-state index contributed by atoms with van der Waals surface area (Å²) in [6, 6.07) is 8.10. The van der Waals surface area contributed by atoms with E-state index in [1.807, 2.05) is 0 Å². The Kier molecular flexibility index (Phi) is 5.51. The normalized spacial score (nSPS) is 10.3. The largest absolute Gasteiger partial charge is 0.497 e. The summed E-state index contributed by atoms with van der Waals surface area (Å²) in [5.41, 5.74) is 0.523. The molecule has 0 saturated carbocycles. The predicted molar refractivity (Wildman–Crippen MR) is 81.9 cm³/mol. The van der Waals surface area contributed by atoms with Crippen molar-refractivity contribution in [3.05, 3.63) is 59.2 Å². The fraction of sp³-hybridized carbons (Fsp3) is 0.235. The van der Waals surface area contributed by atoms with Crippen LogP contribution in [0.5, 0.6) is 11.5 Å². The molecule has 2 aromatic carbocycles. The average molecular weight is 321 g/mol. The lowest BCUT2D eigenvalue weighted by Crippen LogP contribution is -2.26. The molecule has 0 heterocycles. The van der Waals surface area contributed by atoms with Gasteiger partial charge in [-0.3, -0.25) is 4.79 Å². The molecule has 0 bridgehead atoms. The van der Waals surface area contributed by atoms with Gasteiger partial charge < -0.3 is 14.8 Å². The first-order valence-electron chi connectivity index (χ1n) is 6.99. The van der Waals surface area contributed by atoms with Crippen molar-refractivity contribution in [2.75, 3.05) is 20.8 Å². The van der Waals surface area contributed by atoms with Crippen LogP contribution < -0.4 is 14.8 Å². The summed E-state index contributed by atoms with van der Waals surface area (Å²) in [5.74, 6) is -0.752. The predicted octanol–water partition coefficient (Wildman–Crippen LogP) is 2.95. The quantitative estimate of drug-likeness (QED) is 0.890. The minimum atomic E-state index is -0.761. The molecule has 0 spiro atoms. The van der Waals surface area contributed by atoms with Gasteiger partial charge in [0, 0.05) is 6.54 Å². The molecule has 0 aliphatic rings. The SMILES string of the molecule is COc1ccc(OC)c(CCNC(=O)c2cc(F)ccc2F)c1. The molecule has 0 fully saturated rings. The molecule has 0 atom stereocenters. The lowest BCUT2D eigenvalue weighted by molar-refractivity contribution is 0.0949. The number of benzene rings is 2. The maximum absolute atomic E-state index is 13.5. The van der Waals surface area contributed by atoms with Crippen LogP contribution in [-0.4, -0.2) is 26.7 Å². The Hall–Kier alpha value is -2.63. The van der Waals surface area contributed by atoms with Crippen molar-refractivity contribution in [2.24, 2.45) is 0 Å². The van der Waals surface area contributed by atoms with Crippen molar-refractivity contribution in [3.63, 3.8) is 0 Å². The van der Waals surface area contributed by atoms with Crippen LogP contribution in [0.15, 0.2) is 36.4 Å². The zero-order chi connectivity index (χ0) is 16.8. The summed E-state index contributed by atoms with van der Waals surface area (Å²) < 4.78 is 37.0. The smallest absolute Gasteiger partial charge is 0.254 e. The summed E-state index contributed by atoms with van der Waals surface area (Å²) in [7, 11) is 3.10. The van der Waals surface area contributed by atoms with E-state index in [-0.39, 0.29) is 12.1 Å². The number of carbonyl (C=O) groups excluding carboxylic acids is 1. The summed E-state index contributed by atoms with van der Waals surface area (Å²) in [5, 5.41) is 2.56. The highest BCUT2D eigenvalue weighted by Crippen LogP contribution is 2.24. The molecule has 6 heteroatoms. The molecule has 0 aliphatic heterocycles. The lowest BCUT2D eigenvalue weighted by atomic mass is 10.1. The zero-order valence-electron chi connectivity index (χ0n) is 12.9. The fourth-order valence-corrected chi connectivity index (χ4v) is 2.15. The molecule has 1 amide bonds. The number of carbonyl (C=O) groups is 1. The van der Waals surface area contributed by atoms with Gasteiger partial charge in [0.1, 0.15) is 23.1 Å². The monoisotopic (exact) mass is 321 g/mol. The molecule has 1 N–H and O–H groups in total. The van der Waals surface area contributed by atoms with Crippen LogP contribution >= 0.6 is 0 Å². The molecule has 0 aliphatic carbocycles. The number of ether oxygens (including phenoxy) is 2. The summed E-state index contributed by atoms with van der Waals surface area (Å²) in [4.78, 5) is 11.9. The molecule has 0 unspecified atom stereocenters. The summed E-state index contributed by atoms with van der Waals surface area (Å²) in [6.45, 7) is 0.248. The summed E-state index contributed by atoms with van der Waals surface area (Å²) >= 11 is 0. The third-order valence-electron chi connectivity index (χ3n) is 3.34. The molecule has 4 nitrogen and oxygen atoms in total. The van der Waals surface area contributed by atoms with Gasteiger partial charge in [-0.1, -0.05) is 0 Å². The maximum atomic E-state index is 13.5. The number of amides is 1. The van der Waals surface area contributed by atoms with Gasteiger partial charge in [-0.05, 0) is 48.4 Å². The molecule has 23 heavy (non-hydrogen) atoms. The van der Waals surface area contributed by atoms with E-state index in [1.165, 1.54) is 0 Å². The van der Waals surface area contributed by atoms with E-state index in [9.17, 15) is 13.6 Å². The van der Waals surface area contributed by atoms with Crippen molar-refractivity contribution in [1.82, 2.24) is 5.32 Å². The minimum absolute atomic E-state index is 0.248. The van der Waals surface area contributed by atoms with E-state index in [1.54, 1.807) is 32.4 Å². The van der Waals surface area contributed by atoms with E-state index in [0.717, 1.165) is 23.8 Å². The van der Waals surface area contributed by atoms with Gasteiger partial charge >= 0.3 is 0 Å². The van der Waals surface area contributed by atoms with Gasteiger partial charge in [0.15, 0.2) is 0 Å². The Morgan fingerprint density at radius 2 is 1.87 bits per heavy atom. The second-order valence-electron chi connectivity index (χ2n) is 4.81. The molecule has 2 aromatic rings. The summed E-state index contributed by atoms with van der Waals surface area (Å²) in [6.07, 6.45) is 0.461.